The number of rotatable bonds is 2. The third kappa shape index (κ3) is 2.50. The molecule has 2 rings (SSSR count). The molecule has 0 saturated heterocycles. The van der Waals surface area contributed by atoms with E-state index >= 15 is 0 Å². The molecular weight excluding hydrogens is 241 g/mol. The number of anilines is 1. The van der Waals surface area contributed by atoms with E-state index in [4.69, 9.17) is 0 Å². The van der Waals surface area contributed by atoms with E-state index in [1.165, 1.54) is 6.07 Å². The Kier molecular flexibility index (Phi) is 3.07. The smallest absolute Gasteiger partial charge is 0.294 e. The normalized spacial score (nSPS) is 11.6. The Labute approximate surface area is 103 Å². The summed E-state index contributed by atoms with van der Waals surface area (Å²) in [5, 5.41) is 0. The lowest BCUT2D eigenvalue weighted by Gasteiger charge is -2.14. The zero-order valence-corrected chi connectivity index (χ0v) is 10.0. The van der Waals surface area contributed by atoms with Gasteiger partial charge >= 0.3 is 6.18 Å². The summed E-state index contributed by atoms with van der Waals surface area (Å²) in [6.07, 6.45) is -4.32. The van der Waals surface area contributed by atoms with Crippen molar-refractivity contribution in [3.8, 4) is 0 Å². The highest BCUT2D eigenvalue weighted by molar-refractivity contribution is 5.47. The van der Waals surface area contributed by atoms with Crippen LogP contribution in [0.15, 0.2) is 36.4 Å². The van der Waals surface area contributed by atoms with Crippen molar-refractivity contribution in [1.82, 2.24) is 4.68 Å². The zero-order valence-electron chi connectivity index (χ0n) is 10.0. The summed E-state index contributed by atoms with van der Waals surface area (Å²) in [6.45, 7) is 3.77. The van der Waals surface area contributed by atoms with Gasteiger partial charge in [0.05, 0.1) is 11.3 Å². The Bertz CT molecular complexity index is 536. The van der Waals surface area contributed by atoms with Crippen molar-refractivity contribution >= 4 is 5.69 Å². The molecule has 0 aliphatic carbocycles. The topological polar surface area (TPSA) is 17.0 Å². The summed E-state index contributed by atoms with van der Waals surface area (Å²) in [5.74, 6) is 0. The lowest BCUT2D eigenvalue weighted by Crippen LogP contribution is -2.13. The van der Waals surface area contributed by atoms with Crippen LogP contribution in [0.3, 0.4) is 0 Å². The maximum atomic E-state index is 12.6. The second-order valence-electron chi connectivity index (χ2n) is 4.14. The van der Waals surface area contributed by atoms with E-state index in [1.807, 2.05) is 26.0 Å². The average Bonchev–Trinajstić information content (AvgIpc) is 2.60. The molecule has 0 bridgehead atoms. The molecule has 0 aliphatic heterocycles. The molecule has 96 valence electrons. The Morgan fingerprint density at radius 2 is 1.61 bits per heavy atom. The van der Waals surface area contributed by atoms with Gasteiger partial charge in [-0.15, -0.1) is 0 Å². The van der Waals surface area contributed by atoms with Gasteiger partial charge in [-0.05, 0) is 44.2 Å². The van der Waals surface area contributed by atoms with Gasteiger partial charge in [0, 0.05) is 11.4 Å². The quantitative estimate of drug-likeness (QED) is 0.857. The van der Waals surface area contributed by atoms with Crippen LogP contribution in [0, 0.1) is 13.8 Å². The molecule has 2 nitrogen and oxygen atoms in total. The number of nitrogens with zero attached hydrogens (tertiary/aromatic N) is 1. The molecule has 2 aromatic rings. The van der Waals surface area contributed by atoms with Gasteiger partial charge in [-0.25, -0.2) is 0 Å². The first kappa shape index (κ1) is 12.5. The lowest BCUT2D eigenvalue weighted by molar-refractivity contribution is -0.137. The number of hydrogen-bond donors (Lipinski definition) is 1. The van der Waals surface area contributed by atoms with Crippen LogP contribution in [0.4, 0.5) is 18.9 Å². The predicted octanol–water partition coefficient (Wildman–Crippen LogP) is 4.00. The first-order valence-corrected chi connectivity index (χ1v) is 5.47. The van der Waals surface area contributed by atoms with Crippen LogP contribution in [-0.4, -0.2) is 4.68 Å². The molecule has 0 saturated carbocycles. The average molecular weight is 254 g/mol. The molecule has 0 amide bonds. The van der Waals surface area contributed by atoms with Crippen LogP contribution in [0.25, 0.3) is 0 Å². The van der Waals surface area contributed by atoms with E-state index in [0.717, 1.165) is 23.5 Å². The summed E-state index contributed by atoms with van der Waals surface area (Å²) in [7, 11) is 0. The van der Waals surface area contributed by atoms with Gasteiger partial charge in [0.1, 0.15) is 0 Å². The van der Waals surface area contributed by atoms with Crippen LogP contribution in [0.1, 0.15) is 17.0 Å². The summed E-state index contributed by atoms with van der Waals surface area (Å²) in [4.78, 5) is 0. The molecule has 0 radical (unpaired) electrons. The number of aromatic nitrogens is 1. The van der Waals surface area contributed by atoms with E-state index < -0.39 is 11.7 Å². The highest BCUT2D eigenvalue weighted by atomic mass is 19.4. The van der Waals surface area contributed by atoms with E-state index in [2.05, 4.69) is 5.43 Å². The molecule has 1 N–H and O–H groups in total. The molecule has 0 aliphatic rings. The van der Waals surface area contributed by atoms with Gasteiger partial charge in [-0.3, -0.25) is 10.1 Å². The molecule has 0 unspecified atom stereocenters. The fourth-order valence-electron chi connectivity index (χ4n) is 1.74. The minimum Gasteiger partial charge on any atom is -0.294 e. The van der Waals surface area contributed by atoms with E-state index in [-0.39, 0.29) is 0 Å². The van der Waals surface area contributed by atoms with E-state index in [0.29, 0.717) is 5.69 Å². The molecule has 18 heavy (non-hydrogen) atoms. The second-order valence-corrected chi connectivity index (χ2v) is 4.14. The molecule has 5 heteroatoms. The Morgan fingerprint density at radius 1 is 1.00 bits per heavy atom. The van der Waals surface area contributed by atoms with Gasteiger partial charge in [0.15, 0.2) is 0 Å². The van der Waals surface area contributed by atoms with Crippen molar-refractivity contribution in [3.63, 3.8) is 0 Å². The fourth-order valence-corrected chi connectivity index (χ4v) is 1.74. The number of benzene rings is 1. The molecule has 1 aromatic heterocycles. The molecule has 0 fully saturated rings. The number of alkyl halides is 3. The minimum atomic E-state index is -4.32. The number of halogens is 3. The van der Waals surface area contributed by atoms with Crippen LogP contribution >= 0.6 is 0 Å². The second kappa shape index (κ2) is 4.40. The molecule has 1 aromatic carbocycles. The molecule has 0 spiro atoms. The van der Waals surface area contributed by atoms with Crippen LogP contribution in [0.2, 0.25) is 0 Å². The zero-order chi connectivity index (χ0) is 13.3. The maximum absolute atomic E-state index is 12.6. The lowest BCUT2D eigenvalue weighted by atomic mass is 10.2. The van der Waals surface area contributed by atoms with E-state index in [9.17, 15) is 13.2 Å². The maximum Gasteiger partial charge on any atom is 0.416 e. The van der Waals surface area contributed by atoms with Crippen molar-refractivity contribution in [2.24, 2.45) is 0 Å². The van der Waals surface area contributed by atoms with Crippen molar-refractivity contribution in [3.05, 3.63) is 53.3 Å². The fraction of sp³-hybridized carbons (Fsp3) is 0.231. The van der Waals surface area contributed by atoms with Gasteiger partial charge < -0.3 is 0 Å². The van der Waals surface area contributed by atoms with Crippen LogP contribution in [0.5, 0.6) is 0 Å². The third-order valence-electron chi connectivity index (χ3n) is 2.70. The summed E-state index contributed by atoms with van der Waals surface area (Å²) < 4.78 is 39.5. The number of aryl methyl sites for hydroxylation is 2. The minimum absolute atomic E-state index is 0.409. The van der Waals surface area contributed by atoms with Crippen molar-refractivity contribution in [2.75, 3.05) is 5.43 Å². The Balaban J connectivity index is 2.31. The SMILES string of the molecule is Cc1ccc(C)n1Nc1cccc(C(F)(F)F)c1. The van der Waals surface area contributed by atoms with Crippen molar-refractivity contribution < 1.29 is 13.2 Å². The molecule has 1 heterocycles. The monoisotopic (exact) mass is 254 g/mol. The largest absolute Gasteiger partial charge is 0.416 e. The summed E-state index contributed by atoms with van der Waals surface area (Å²) in [6, 6.07) is 8.94. The van der Waals surface area contributed by atoms with Gasteiger partial charge in [0.2, 0.25) is 0 Å². The summed E-state index contributed by atoms with van der Waals surface area (Å²) in [5.41, 5.74) is 4.57. The van der Waals surface area contributed by atoms with Crippen LogP contribution in [-0.2, 0) is 6.18 Å². The molecule has 0 atom stereocenters. The van der Waals surface area contributed by atoms with Gasteiger partial charge in [0.25, 0.3) is 0 Å². The first-order valence-electron chi connectivity index (χ1n) is 5.47. The standard InChI is InChI=1S/C13H13F3N2/c1-9-6-7-10(2)18(9)17-12-5-3-4-11(8-12)13(14,15)16/h3-8,17H,1-2H3. The van der Waals surface area contributed by atoms with Crippen LogP contribution < -0.4 is 5.43 Å². The Morgan fingerprint density at radius 3 is 2.17 bits per heavy atom. The predicted molar refractivity (Wildman–Crippen MR) is 64.4 cm³/mol. The Hall–Kier alpha value is -1.91. The van der Waals surface area contributed by atoms with Crippen molar-refractivity contribution in [2.45, 2.75) is 20.0 Å². The highest BCUT2D eigenvalue weighted by Crippen LogP contribution is 2.30. The van der Waals surface area contributed by atoms with E-state index in [1.54, 1.807) is 10.7 Å². The number of nitrogens with one attached hydrogen (secondary N) is 1. The molecular formula is C13H13F3N2. The highest BCUT2D eigenvalue weighted by Gasteiger charge is 2.30. The third-order valence-corrected chi connectivity index (χ3v) is 2.70. The first-order chi connectivity index (χ1) is 8.38. The number of hydrogen-bond acceptors (Lipinski definition) is 1. The van der Waals surface area contributed by atoms with Gasteiger partial charge in [-0.2, -0.15) is 13.2 Å². The summed E-state index contributed by atoms with van der Waals surface area (Å²) >= 11 is 0. The van der Waals surface area contributed by atoms with Crippen molar-refractivity contribution in [1.29, 1.82) is 0 Å². The van der Waals surface area contributed by atoms with Gasteiger partial charge in [-0.1, -0.05) is 6.07 Å².